The number of hydrogen-bond donors (Lipinski definition) is 5. The van der Waals surface area contributed by atoms with Gasteiger partial charge in [-0.05, 0) is 66.1 Å². The van der Waals surface area contributed by atoms with Crippen LogP contribution in [0.2, 0.25) is 0 Å². The molecule has 0 aliphatic rings. The number of aliphatic carboxylic acids is 1. The van der Waals surface area contributed by atoms with Crippen LogP contribution in [0.4, 0.5) is 5.69 Å². The zero-order valence-electron chi connectivity index (χ0n) is 21.2. The molecule has 4 rings (SSSR count). The number of benzene rings is 3. The first kappa shape index (κ1) is 26.9. The van der Waals surface area contributed by atoms with Gasteiger partial charge in [-0.3, -0.25) is 15.0 Å². The lowest BCUT2D eigenvalue weighted by Crippen LogP contribution is -2.42. The predicted octanol–water partition coefficient (Wildman–Crippen LogP) is 3.72. The zero-order chi connectivity index (χ0) is 27.9. The van der Waals surface area contributed by atoms with E-state index in [1.807, 2.05) is 12.1 Å². The molecule has 0 unspecified atom stereocenters. The molecule has 2 amide bonds. The minimum atomic E-state index is -1.14. The van der Waals surface area contributed by atoms with Gasteiger partial charge in [-0.1, -0.05) is 24.3 Å². The molecule has 6 N–H and O–H groups in total. The molecule has 0 saturated heterocycles. The van der Waals surface area contributed by atoms with Gasteiger partial charge >= 0.3 is 5.97 Å². The summed E-state index contributed by atoms with van der Waals surface area (Å²) in [4.78, 5) is 36.8. The molecule has 0 saturated carbocycles. The topological polar surface area (TPSA) is 168 Å². The molecular weight excluding hydrogens is 500 g/mol. The van der Waals surface area contributed by atoms with Crippen molar-refractivity contribution >= 4 is 40.3 Å². The summed E-state index contributed by atoms with van der Waals surface area (Å²) in [5.41, 5.74) is 8.65. The Labute approximate surface area is 224 Å². The number of anilines is 1. The number of aryl methyl sites for hydroxylation is 1. The van der Waals surface area contributed by atoms with E-state index in [0.29, 0.717) is 34.2 Å². The summed E-state index contributed by atoms with van der Waals surface area (Å²) in [7, 11) is 1.58. The average molecular weight is 529 g/mol. The molecule has 39 heavy (non-hydrogen) atoms. The van der Waals surface area contributed by atoms with Crippen LogP contribution in [0.5, 0.6) is 5.75 Å². The van der Waals surface area contributed by atoms with Crippen molar-refractivity contribution < 1.29 is 28.6 Å². The summed E-state index contributed by atoms with van der Waals surface area (Å²) < 4.78 is 10.7. The van der Waals surface area contributed by atoms with E-state index in [9.17, 15) is 19.5 Å². The van der Waals surface area contributed by atoms with Crippen LogP contribution < -0.4 is 21.1 Å². The standard InChI is InChI=1S/C29H28N4O6/c1-38-22-10-4-17(5-11-22)6-13-26(34)33-23(29(36)37)14-18-2-8-21(9-3-18)32-28(35)25-16-20-15-19(27(30)31)7-12-24(20)39-25/h2-5,7-12,15-16,23H,6,13-14H2,1H3,(H3,30,31)(H,32,35)(H,33,34)(H,36,37)/t23-/m0/s1. The van der Waals surface area contributed by atoms with Gasteiger partial charge < -0.3 is 30.6 Å². The lowest BCUT2D eigenvalue weighted by Gasteiger charge is -2.15. The van der Waals surface area contributed by atoms with Crippen molar-refractivity contribution in [1.29, 1.82) is 5.41 Å². The Morgan fingerprint density at radius 2 is 1.69 bits per heavy atom. The second-order valence-corrected chi connectivity index (χ2v) is 8.94. The Hall–Kier alpha value is -5.12. The molecule has 1 heterocycles. The lowest BCUT2D eigenvalue weighted by atomic mass is 10.0. The van der Waals surface area contributed by atoms with Crippen LogP contribution in [0.25, 0.3) is 11.0 Å². The highest BCUT2D eigenvalue weighted by Crippen LogP contribution is 2.22. The van der Waals surface area contributed by atoms with Crippen LogP contribution in [0.3, 0.4) is 0 Å². The van der Waals surface area contributed by atoms with Gasteiger partial charge in [0.25, 0.3) is 5.91 Å². The van der Waals surface area contributed by atoms with Gasteiger partial charge in [0, 0.05) is 29.5 Å². The number of furan rings is 1. The Kier molecular flexibility index (Phi) is 8.25. The fourth-order valence-electron chi connectivity index (χ4n) is 3.99. The van der Waals surface area contributed by atoms with Crippen LogP contribution in [0.1, 0.15) is 33.7 Å². The summed E-state index contributed by atoms with van der Waals surface area (Å²) in [5, 5.41) is 23.1. The molecule has 1 aromatic heterocycles. The minimum Gasteiger partial charge on any atom is -0.497 e. The van der Waals surface area contributed by atoms with E-state index in [-0.39, 0.29) is 30.3 Å². The maximum absolute atomic E-state index is 12.7. The molecule has 4 aromatic rings. The second kappa shape index (κ2) is 12.0. The fourth-order valence-corrected chi connectivity index (χ4v) is 3.99. The maximum Gasteiger partial charge on any atom is 0.326 e. The number of hydrogen-bond acceptors (Lipinski definition) is 6. The van der Waals surface area contributed by atoms with Gasteiger partial charge in [0.05, 0.1) is 7.11 Å². The third kappa shape index (κ3) is 7.01. The molecule has 10 heteroatoms. The quantitative estimate of drug-likeness (QED) is 0.146. The first-order valence-electron chi connectivity index (χ1n) is 12.1. The number of carboxylic acids is 1. The van der Waals surface area contributed by atoms with E-state index in [1.165, 1.54) is 0 Å². The number of nitrogens with two attached hydrogens (primary N) is 1. The highest BCUT2D eigenvalue weighted by Gasteiger charge is 2.20. The van der Waals surface area contributed by atoms with Gasteiger partial charge in [-0.15, -0.1) is 0 Å². The van der Waals surface area contributed by atoms with Crippen molar-refractivity contribution in [2.75, 3.05) is 12.4 Å². The molecule has 1 atom stereocenters. The summed E-state index contributed by atoms with van der Waals surface area (Å²) in [6, 6.07) is 19.4. The van der Waals surface area contributed by atoms with E-state index in [1.54, 1.807) is 67.8 Å². The Morgan fingerprint density at radius 1 is 1.00 bits per heavy atom. The zero-order valence-corrected chi connectivity index (χ0v) is 21.2. The summed E-state index contributed by atoms with van der Waals surface area (Å²) in [5.74, 6) is -1.22. The molecule has 200 valence electrons. The summed E-state index contributed by atoms with van der Waals surface area (Å²) >= 11 is 0. The van der Waals surface area contributed by atoms with Crippen LogP contribution in [0, 0.1) is 5.41 Å². The number of ether oxygens (including phenoxy) is 1. The van der Waals surface area contributed by atoms with Crippen molar-refractivity contribution in [3.8, 4) is 5.75 Å². The van der Waals surface area contributed by atoms with Crippen molar-refractivity contribution in [2.24, 2.45) is 5.73 Å². The number of methoxy groups -OCH3 is 1. The van der Waals surface area contributed by atoms with E-state index >= 15 is 0 Å². The largest absolute Gasteiger partial charge is 0.497 e. The maximum atomic E-state index is 12.7. The molecule has 0 aliphatic heterocycles. The molecule has 0 spiro atoms. The van der Waals surface area contributed by atoms with E-state index in [2.05, 4.69) is 10.6 Å². The van der Waals surface area contributed by atoms with Gasteiger partial charge in [-0.25, -0.2) is 4.79 Å². The third-order valence-corrected chi connectivity index (χ3v) is 6.14. The lowest BCUT2D eigenvalue weighted by molar-refractivity contribution is -0.141. The fraction of sp³-hybridized carbons (Fsp3) is 0.172. The van der Waals surface area contributed by atoms with Crippen LogP contribution in [0.15, 0.2) is 77.2 Å². The molecule has 0 bridgehead atoms. The first-order chi connectivity index (χ1) is 18.7. The first-order valence-corrected chi connectivity index (χ1v) is 12.1. The van der Waals surface area contributed by atoms with Crippen LogP contribution in [-0.4, -0.2) is 41.9 Å². The normalized spacial score (nSPS) is 11.5. The molecule has 0 radical (unpaired) electrons. The number of fused-ring (bicyclic) bond motifs is 1. The molecule has 10 nitrogen and oxygen atoms in total. The van der Waals surface area contributed by atoms with Gasteiger partial charge in [-0.2, -0.15) is 0 Å². The second-order valence-electron chi connectivity index (χ2n) is 8.94. The van der Waals surface area contributed by atoms with Crippen LogP contribution >= 0.6 is 0 Å². The Morgan fingerprint density at radius 3 is 2.33 bits per heavy atom. The number of carbonyl (C=O) groups is 3. The number of carboxylic acid groups (broad SMARTS) is 1. The molecular formula is C29H28N4O6. The Bertz CT molecular complexity index is 1510. The number of nitrogens with one attached hydrogen (secondary N) is 3. The number of rotatable bonds is 11. The van der Waals surface area contributed by atoms with Gasteiger partial charge in [0.15, 0.2) is 5.76 Å². The average Bonchev–Trinajstić information content (AvgIpc) is 3.36. The summed E-state index contributed by atoms with van der Waals surface area (Å²) in [6.45, 7) is 0. The molecule has 0 fully saturated rings. The SMILES string of the molecule is COc1ccc(CCC(=O)N[C@@H](Cc2ccc(NC(=O)c3cc4cc(C(=N)N)ccc4o3)cc2)C(=O)O)cc1. The van der Waals surface area contributed by atoms with Gasteiger partial charge in [0.2, 0.25) is 5.91 Å². The van der Waals surface area contributed by atoms with Crippen molar-refractivity contribution in [3.05, 3.63) is 95.2 Å². The number of amidine groups is 1. The summed E-state index contributed by atoms with van der Waals surface area (Å²) in [6.07, 6.45) is 0.707. The minimum absolute atomic E-state index is 0.0811. The predicted molar refractivity (Wildman–Crippen MR) is 146 cm³/mol. The highest BCUT2D eigenvalue weighted by molar-refractivity contribution is 6.05. The van der Waals surface area contributed by atoms with E-state index in [0.717, 1.165) is 11.3 Å². The van der Waals surface area contributed by atoms with Crippen molar-refractivity contribution in [3.63, 3.8) is 0 Å². The van der Waals surface area contributed by atoms with E-state index < -0.39 is 17.9 Å². The van der Waals surface area contributed by atoms with Crippen molar-refractivity contribution in [2.45, 2.75) is 25.3 Å². The Balaban J connectivity index is 1.32. The monoisotopic (exact) mass is 528 g/mol. The smallest absolute Gasteiger partial charge is 0.326 e. The number of carbonyl (C=O) groups excluding carboxylic acids is 2. The van der Waals surface area contributed by atoms with E-state index in [4.69, 9.17) is 20.3 Å². The third-order valence-electron chi connectivity index (χ3n) is 6.14. The van der Waals surface area contributed by atoms with Crippen LogP contribution in [-0.2, 0) is 22.4 Å². The molecule has 3 aromatic carbocycles. The molecule has 0 aliphatic carbocycles. The van der Waals surface area contributed by atoms with Crippen molar-refractivity contribution in [1.82, 2.24) is 5.32 Å². The highest BCUT2D eigenvalue weighted by atomic mass is 16.5. The number of nitrogen functional groups attached to an aromatic ring is 1. The number of amides is 2. The van der Waals surface area contributed by atoms with Gasteiger partial charge in [0.1, 0.15) is 23.2 Å².